The maximum absolute atomic E-state index is 12.1. The van der Waals surface area contributed by atoms with Crippen LogP contribution in [-0.4, -0.2) is 23.6 Å². The Morgan fingerprint density at radius 3 is 2.67 bits per heavy atom. The van der Waals surface area contributed by atoms with Crippen molar-refractivity contribution in [3.8, 4) is 0 Å². The Morgan fingerprint density at radius 1 is 1.29 bits per heavy atom. The van der Waals surface area contributed by atoms with Gasteiger partial charge in [0.15, 0.2) is 6.61 Å². The van der Waals surface area contributed by atoms with E-state index in [9.17, 15) is 9.59 Å². The van der Waals surface area contributed by atoms with Crippen LogP contribution in [0.3, 0.4) is 0 Å². The van der Waals surface area contributed by atoms with Crippen LogP contribution in [0.5, 0.6) is 0 Å². The van der Waals surface area contributed by atoms with Gasteiger partial charge in [-0.1, -0.05) is 44.1 Å². The number of hydrogen-bond acceptors (Lipinski definition) is 5. The predicted octanol–water partition coefficient (Wildman–Crippen LogP) is 3.46. The zero-order valence-electron chi connectivity index (χ0n) is 14.4. The van der Waals surface area contributed by atoms with Crippen molar-refractivity contribution < 1.29 is 18.8 Å². The van der Waals surface area contributed by atoms with Gasteiger partial charge in [-0.05, 0) is 30.9 Å². The summed E-state index contributed by atoms with van der Waals surface area (Å²) in [5, 5.41) is 6.59. The number of para-hydroxylation sites is 1. The molecule has 1 amide bonds. The van der Waals surface area contributed by atoms with Gasteiger partial charge in [0.1, 0.15) is 11.3 Å². The standard InChI is InChI=1S/C18H22N2O4/c1-5-14-17(12(4)24-20-14)18(22)23-10-16(21)19-15-9-7-6-8-13(15)11(2)3/h6-9,11H,5,10H2,1-4H3,(H,19,21). The van der Waals surface area contributed by atoms with E-state index in [0.29, 0.717) is 23.4 Å². The van der Waals surface area contributed by atoms with Crippen LogP contribution in [0.4, 0.5) is 5.69 Å². The first-order valence-electron chi connectivity index (χ1n) is 7.95. The molecule has 0 aliphatic heterocycles. The lowest BCUT2D eigenvalue weighted by Gasteiger charge is -2.13. The molecule has 0 radical (unpaired) electrons. The van der Waals surface area contributed by atoms with E-state index < -0.39 is 5.97 Å². The number of anilines is 1. The number of esters is 1. The first kappa shape index (κ1) is 17.7. The van der Waals surface area contributed by atoms with Gasteiger partial charge in [-0.2, -0.15) is 0 Å². The summed E-state index contributed by atoms with van der Waals surface area (Å²) in [4.78, 5) is 24.2. The third-order valence-electron chi connectivity index (χ3n) is 3.66. The minimum atomic E-state index is -0.599. The predicted molar refractivity (Wildman–Crippen MR) is 90.1 cm³/mol. The van der Waals surface area contributed by atoms with Crippen LogP contribution in [0.2, 0.25) is 0 Å². The number of carbonyl (C=O) groups is 2. The maximum atomic E-state index is 12.1. The number of nitrogens with zero attached hydrogens (tertiary/aromatic N) is 1. The van der Waals surface area contributed by atoms with E-state index in [1.807, 2.05) is 45.0 Å². The lowest BCUT2D eigenvalue weighted by atomic mass is 10.0. The molecule has 1 N–H and O–H groups in total. The number of carbonyl (C=O) groups excluding carboxylic acids is 2. The van der Waals surface area contributed by atoms with Crippen LogP contribution < -0.4 is 5.32 Å². The minimum absolute atomic E-state index is 0.274. The Morgan fingerprint density at radius 2 is 2.00 bits per heavy atom. The quantitative estimate of drug-likeness (QED) is 0.820. The normalized spacial score (nSPS) is 10.7. The molecule has 2 aromatic rings. The highest BCUT2D eigenvalue weighted by atomic mass is 16.5. The van der Waals surface area contributed by atoms with E-state index >= 15 is 0 Å². The van der Waals surface area contributed by atoms with Gasteiger partial charge >= 0.3 is 5.97 Å². The zero-order chi connectivity index (χ0) is 17.7. The largest absolute Gasteiger partial charge is 0.452 e. The molecule has 0 unspecified atom stereocenters. The fourth-order valence-corrected chi connectivity index (χ4v) is 2.42. The van der Waals surface area contributed by atoms with Gasteiger partial charge in [-0.15, -0.1) is 0 Å². The number of rotatable bonds is 6. The molecule has 1 aromatic carbocycles. The van der Waals surface area contributed by atoms with Crippen molar-refractivity contribution in [1.29, 1.82) is 0 Å². The van der Waals surface area contributed by atoms with Crippen LogP contribution >= 0.6 is 0 Å². The zero-order valence-corrected chi connectivity index (χ0v) is 14.4. The second-order valence-electron chi connectivity index (χ2n) is 5.78. The van der Waals surface area contributed by atoms with Gasteiger partial charge in [-0.3, -0.25) is 4.79 Å². The van der Waals surface area contributed by atoms with E-state index in [4.69, 9.17) is 9.26 Å². The van der Waals surface area contributed by atoms with Crippen molar-refractivity contribution in [3.63, 3.8) is 0 Å². The molecule has 0 saturated carbocycles. The van der Waals surface area contributed by atoms with Crippen molar-refractivity contribution >= 4 is 17.6 Å². The second kappa shape index (κ2) is 7.77. The third-order valence-corrected chi connectivity index (χ3v) is 3.66. The molecular weight excluding hydrogens is 308 g/mol. The molecule has 0 aliphatic carbocycles. The van der Waals surface area contributed by atoms with Crippen molar-refractivity contribution in [3.05, 3.63) is 46.8 Å². The van der Waals surface area contributed by atoms with Gasteiger partial charge < -0.3 is 14.6 Å². The van der Waals surface area contributed by atoms with Crippen molar-refractivity contribution in [1.82, 2.24) is 5.16 Å². The first-order chi connectivity index (χ1) is 11.4. The minimum Gasteiger partial charge on any atom is -0.452 e. The average molecular weight is 330 g/mol. The number of hydrogen-bond donors (Lipinski definition) is 1. The van der Waals surface area contributed by atoms with Crippen LogP contribution in [0, 0.1) is 6.92 Å². The molecule has 0 spiro atoms. The van der Waals surface area contributed by atoms with Crippen LogP contribution in [0.25, 0.3) is 0 Å². The average Bonchev–Trinajstić information content (AvgIpc) is 2.93. The SMILES string of the molecule is CCc1noc(C)c1C(=O)OCC(=O)Nc1ccccc1C(C)C. The number of aromatic nitrogens is 1. The summed E-state index contributed by atoms with van der Waals surface area (Å²) in [5.41, 5.74) is 2.58. The number of nitrogens with one attached hydrogen (secondary N) is 1. The summed E-state index contributed by atoms with van der Waals surface area (Å²) in [5.74, 6) is -0.320. The van der Waals surface area contributed by atoms with E-state index in [2.05, 4.69) is 10.5 Å². The molecule has 6 heteroatoms. The number of aryl methyl sites for hydroxylation is 2. The summed E-state index contributed by atoms with van der Waals surface area (Å²) in [7, 11) is 0. The van der Waals surface area contributed by atoms with Gasteiger partial charge in [0.2, 0.25) is 0 Å². The Balaban J connectivity index is 1.99. The van der Waals surface area contributed by atoms with Crippen molar-refractivity contribution in [2.75, 3.05) is 11.9 Å². The summed E-state index contributed by atoms with van der Waals surface area (Å²) in [6.07, 6.45) is 0.551. The van der Waals surface area contributed by atoms with Gasteiger partial charge in [0.05, 0.1) is 5.69 Å². The van der Waals surface area contributed by atoms with Crippen molar-refractivity contribution in [2.45, 2.75) is 40.0 Å². The lowest BCUT2D eigenvalue weighted by Crippen LogP contribution is -2.22. The fourth-order valence-electron chi connectivity index (χ4n) is 2.42. The van der Waals surface area contributed by atoms with Gasteiger partial charge in [-0.25, -0.2) is 4.79 Å². The highest BCUT2D eigenvalue weighted by Crippen LogP contribution is 2.23. The third kappa shape index (κ3) is 4.01. The fraction of sp³-hybridized carbons (Fsp3) is 0.389. The Hall–Kier alpha value is -2.63. The molecule has 128 valence electrons. The molecule has 1 heterocycles. The Kier molecular flexibility index (Phi) is 5.73. The first-order valence-corrected chi connectivity index (χ1v) is 7.95. The highest BCUT2D eigenvalue weighted by Gasteiger charge is 2.21. The number of benzene rings is 1. The summed E-state index contributed by atoms with van der Waals surface area (Å²) in [6, 6.07) is 7.56. The molecule has 0 fully saturated rings. The smallest absolute Gasteiger partial charge is 0.344 e. The van der Waals surface area contributed by atoms with E-state index in [1.165, 1.54) is 0 Å². The Labute approximate surface area is 141 Å². The summed E-state index contributed by atoms with van der Waals surface area (Å²) < 4.78 is 10.1. The molecule has 24 heavy (non-hydrogen) atoms. The molecule has 0 bridgehead atoms. The van der Waals surface area contributed by atoms with Crippen LogP contribution in [0.15, 0.2) is 28.8 Å². The van der Waals surface area contributed by atoms with E-state index in [0.717, 1.165) is 11.3 Å². The maximum Gasteiger partial charge on any atom is 0.344 e. The summed E-state index contributed by atoms with van der Waals surface area (Å²) in [6.45, 7) is 7.24. The van der Waals surface area contributed by atoms with E-state index in [-0.39, 0.29) is 18.4 Å². The van der Waals surface area contributed by atoms with Crippen LogP contribution in [-0.2, 0) is 16.0 Å². The topological polar surface area (TPSA) is 81.4 Å². The van der Waals surface area contributed by atoms with Gasteiger partial charge in [0, 0.05) is 5.69 Å². The van der Waals surface area contributed by atoms with Gasteiger partial charge in [0.25, 0.3) is 5.91 Å². The molecule has 6 nitrogen and oxygen atoms in total. The summed E-state index contributed by atoms with van der Waals surface area (Å²) >= 11 is 0. The number of amides is 1. The molecule has 0 atom stereocenters. The highest BCUT2D eigenvalue weighted by molar-refractivity contribution is 5.96. The Bertz CT molecular complexity index is 734. The van der Waals surface area contributed by atoms with Crippen molar-refractivity contribution in [2.24, 2.45) is 0 Å². The molecule has 0 saturated heterocycles. The number of ether oxygens (including phenoxy) is 1. The monoisotopic (exact) mass is 330 g/mol. The lowest BCUT2D eigenvalue weighted by molar-refractivity contribution is -0.119. The van der Waals surface area contributed by atoms with Crippen LogP contribution in [0.1, 0.15) is 54.1 Å². The molecule has 0 aliphatic rings. The second-order valence-corrected chi connectivity index (χ2v) is 5.78. The molecular formula is C18H22N2O4. The van der Waals surface area contributed by atoms with E-state index in [1.54, 1.807) is 6.92 Å². The molecule has 1 aromatic heterocycles. The molecule has 2 rings (SSSR count).